The summed E-state index contributed by atoms with van der Waals surface area (Å²) < 4.78 is 10.0. The van der Waals surface area contributed by atoms with Crippen molar-refractivity contribution >= 4 is 11.5 Å². The third-order valence-corrected chi connectivity index (χ3v) is 3.26. The van der Waals surface area contributed by atoms with Gasteiger partial charge in [-0.15, -0.1) is 0 Å². The number of ether oxygens (including phenoxy) is 2. The molecule has 0 unspecified atom stereocenters. The molecule has 1 aromatic carbocycles. The molecule has 0 radical (unpaired) electrons. The number of piperidine rings is 1. The zero-order valence-corrected chi connectivity index (χ0v) is 11.4. The average molecular weight is 261 g/mol. The molecule has 1 heterocycles. The normalized spacial score (nSPS) is 17.4. The molecule has 1 saturated heterocycles. The third kappa shape index (κ3) is 3.08. The van der Waals surface area contributed by atoms with Gasteiger partial charge in [0.2, 0.25) is 0 Å². The van der Waals surface area contributed by atoms with Crippen LogP contribution in [0.15, 0.2) is 30.0 Å². The fourth-order valence-corrected chi connectivity index (χ4v) is 2.24. The molecule has 0 aliphatic carbocycles. The molecule has 1 aliphatic heterocycles. The maximum Gasteiger partial charge on any atom is 0.340 e. The second kappa shape index (κ2) is 6.27. The van der Waals surface area contributed by atoms with E-state index in [1.807, 2.05) is 24.3 Å². The molecular formula is C15H19NO3. The molecule has 1 fully saturated rings. The minimum atomic E-state index is -0.297. The molecule has 4 nitrogen and oxygen atoms in total. The Morgan fingerprint density at radius 2 is 1.89 bits per heavy atom. The highest BCUT2D eigenvalue weighted by Gasteiger charge is 2.19. The molecule has 1 N–H and O–H groups in total. The topological polar surface area (TPSA) is 47.6 Å². The number of esters is 1. The number of hydrogen-bond acceptors (Lipinski definition) is 4. The molecule has 0 saturated carbocycles. The van der Waals surface area contributed by atoms with Crippen LogP contribution in [0.5, 0.6) is 5.75 Å². The van der Waals surface area contributed by atoms with Gasteiger partial charge in [0.05, 0.1) is 19.8 Å². The lowest BCUT2D eigenvalue weighted by Gasteiger charge is -2.20. The summed E-state index contributed by atoms with van der Waals surface area (Å²) >= 11 is 0. The molecule has 0 aromatic heterocycles. The number of rotatable bonds is 3. The van der Waals surface area contributed by atoms with Crippen molar-refractivity contribution in [3.05, 3.63) is 35.5 Å². The first-order valence-corrected chi connectivity index (χ1v) is 6.46. The van der Waals surface area contributed by atoms with Gasteiger partial charge in [-0.05, 0) is 37.0 Å². The quantitative estimate of drug-likeness (QED) is 0.670. The van der Waals surface area contributed by atoms with E-state index < -0.39 is 0 Å². The van der Waals surface area contributed by atoms with Crippen LogP contribution in [0.25, 0.3) is 5.57 Å². The van der Waals surface area contributed by atoms with Crippen molar-refractivity contribution < 1.29 is 14.3 Å². The van der Waals surface area contributed by atoms with Crippen LogP contribution in [-0.4, -0.2) is 26.7 Å². The highest BCUT2D eigenvalue weighted by Crippen LogP contribution is 2.26. The molecule has 0 atom stereocenters. The van der Waals surface area contributed by atoms with Crippen LogP contribution >= 0.6 is 0 Å². The summed E-state index contributed by atoms with van der Waals surface area (Å²) in [7, 11) is 3.03. The van der Waals surface area contributed by atoms with Gasteiger partial charge >= 0.3 is 5.97 Å². The van der Waals surface area contributed by atoms with Gasteiger partial charge < -0.3 is 14.8 Å². The van der Waals surface area contributed by atoms with E-state index in [0.717, 1.165) is 42.8 Å². The first kappa shape index (κ1) is 13.5. The molecular weight excluding hydrogens is 242 g/mol. The summed E-state index contributed by atoms with van der Waals surface area (Å²) in [6.45, 7) is 0.909. The van der Waals surface area contributed by atoms with Crippen LogP contribution in [0.4, 0.5) is 0 Å². The van der Waals surface area contributed by atoms with Gasteiger partial charge in [0.25, 0.3) is 0 Å². The predicted octanol–water partition coefficient (Wildman–Crippen LogP) is 2.35. The van der Waals surface area contributed by atoms with Crippen molar-refractivity contribution in [2.24, 2.45) is 0 Å². The maximum atomic E-state index is 12.0. The summed E-state index contributed by atoms with van der Waals surface area (Å²) in [4.78, 5) is 12.0. The van der Waals surface area contributed by atoms with Gasteiger partial charge in [0.1, 0.15) is 5.75 Å². The summed E-state index contributed by atoms with van der Waals surface area (Å²) in [5.41, 5.74) is 2.46. The van der Waals surface area contributed by atoms with E-state index in [4.69, 9.17) is 9.47 Å². The maximum absolute atomic E-state index is 12.0. The molecule has 0 bridgehead atoms. The lowest BCUT2D eigenvalue weighted by atomic mass is 9.98. The van der Waals surface area contributed by atoms with Crippen molar-refractivity contribution in [3.8, 4) is 5.75 Å². The van der Waals surface area contributed by atoms with Crippen LogP contribution < -0.4 is 10.1 Å². The fraction of sp³-hybridized carbons (Fsp3) is 0.400. The Bertz CT molecular complexity index is 469. The zero-order chi connectivity index (χ0) is 13.7. The number of methoxy groups -OCH3 is 2. The van der Waals surface area contributed by atoms with Gasteiger partial charge in [0.15, 0.2) is 0 Å². The van der Waals surface area contributed by atoms with E-state index in [0.29, 0.717) is 5.57 Å². The summed E-state index contributed by atoms with van der Waals surface area (Å²) in [6.07, 6.45) is 3.12. The largest absolute Gasteiger partial charge is 0.497 e. The molecule has 0 amide bonds. The van der Waals surface area contributed by atoms with Gasteiger partial charge in [-0.2, -0.15) is 0 Å². The van der Waals surface area contributed by atoms with Gasteiger partial charge in [0, 0.05) is 12.2 Å². The minimum Gasteiger partial charge on any atom is -0.497 e. The number of carbonyl (C=O) groups excluding carboxylic acids is 1. The average Bonchev–Trinajstić information content (AvgIpc) is 2.49. The number of hydrogen-bond donors (Lipinski definition) is 1. The molecule has 0 spiro atoms. The minimum absolute atomic E-state index is 0.297. The first-order chi connectivity index (χ1) is 9.26. The van der Waals surface area contributed by atoms with Crippen LogP contribution in [0.3, 0.4) is 0 Å². The Morgan fingerprint density at radius 3 is 2.42 bits per heavy atom. The zero-order valence-electron chi connectivity index (χ0n) is 11.4. The van der Waals surface area contributed by atoms with Gasteiger partial charge in [-0.3, -0.25) is 0 Å². The second-order valence-electron chi connectivity index (χ2n) is 4.46. The van der Waals surface area contributed by atoms with E-state index in [9.17, 15) is 4.79 Å². The van der Waals surface area contributed by atoms with Crippen molar-refractivity contribution in [1.29, 1.82) is 0 Å². The van der Waals surface area contributed by atoms with Crippen LogP contribution in [0.2, 0.25) is 0 Å². The molecule has 1 aromatic rings. The number of nitrogens with one attached hydrogen (secondary N) is 1. The van der Waals surface area contributed by atoms with Crippen molar-refractivity contribution in [2.45, 2.75) is 19.3 Å². The Labute approximate surface area is 113 Å². The summed E-state index contributed by atoms with van der Waals surface area (Å²) in [5, 5.41) is 3.31. The monoisotopic (exact) mass is 261 g/mol. The first-order valence-electron chi connectivity index (χ1n) is 6.46. The van der Waals surface area contributed by atoms with E-state index in [2.05, 4.69) is 5.32 Å². The Kier molecular flexibility index (Phi) is 4.44. The van der Waals surface area contributed by atoms with E-state index in [-0.39, 0.29) is 5.97 Å². The van der Waals surface area contributed by atoms with E-state index in [1.54, 1.807) is 7.11 Å². The number of benzene rings is 1. The predicted molar refractivity (Wildman–Crippen MR) is 73.8 cm³/mol. The second-order valence-corrected chi connectivity index (χ2v) is 4.46. The fourth-order valence-electron chi connectivity index (χ4n) is 2.24. The molecule has 4 heteroatoms. The lowest BCUT2D eigenvalue weighted by Crippen LogP contribution is -2.23. The van der Waals surface area contributed by atoms with Crippen molar-refractivity contribution in [3.63, 3.8) is 0 Å². The molecule has 19 heavy (non-hydrogen) atoms. The molecule has 1 aliphatic rings. The van der Waals surface area contributed by atoms with Crippen molar-refractivity contribution in [2.75, 3.05) is 20.8 Å². The Hall–Kier alpha value is -1.97. The summed E-state index contributed by atoms with van der Waals surface area (Å²) in [5.74, 6) is 0.476. The smallest absolute Gasteiger partial charge is 0.340 e. The number of carbonyl (C=O) groups is 1. The Balaban J connectivity index is 2.38. The lowest BCUT2D eigenvalue weighted by molar-refractivity contribution is -0.133. The molecule has 2 rings (SSSR count). The van der Waals surface area contributed by atoms with Crippen molar-refractivity contribution in [1.82, 2.24) is 5.32 Å². The van der Waals surface area contributed by atoms with Crippen LogP contribution in [0, 0.1) is 0 Å². The Morgan fingerprint density at radius 1 is 1.16 bits per heavy atom. The van der Waals surface area contributed by atoms with Crippen LogP contribution in [-0.2, 0) is 9.53 Å². The summed E-state index contributed by atoms with van der Waals surface area (Å²) in [6, 6.07) is 7.46. The SMILES string of the molecule is COC(=O)/C(=C1/CCCCN1)c1ccc(OC)cc1. The van der Waals surface area contributed by atoms with Gasteiger partial charge in [-0.25, -0.2) is 4.79 Å². The van der Waals surface area contributed by atoms with Gasteiger partial charge in [-0.1, -0.05) is 12.1 Å². The standard InChI is InChI=1S/C15H19NO3/c1-18-12-8-6-11(7-9-12)14(15(17)19-2)13-5-3-4-10-16-13/h6-9,16H,3-5,10H2,1-2H3/b14-13-. The highest BCUT2D eigenvalue weighted by molar-refractivity contribution is 6.17. The number of allylic oxidation sites excluding steroid dienone is 1. The van der Waals surface area contributed by atoms with E-state index >= 15 is 0 Å². The highest BCUT2D eigenvalue weighted by atomic mass is 16.5. The van der Waals surface area contributed by atoms with Crippen LogP contribution in [0.1, 0.15) is 24.8 Å². The third-order valence-electron chi connectivity index (χ3n) is 3.26. The van der Waals surface area contributed by atoms with E-state index in [1.165, 1.54) is 7.11 Å². The molecule has 102 valence electrons.